The number of fused-ring (bicyclic) bond motifs is 2. The molecule has 0 heterocycles. The Morgan fingerprint density at radius 3 is 2.22 bits per heavy atom. The summed E-state index contributed by atoms with van der Waals surface area (Å²) in [5, 5.41) is 1.64. The Morgan fingerprint density at radius 2 is 1.61 bits per heavy atom. The Hall–Kier alpha value is -3.08. The Labute approximate surface area is 241 Å². The van der Waals surface area contributed by atoms with Crippen molar-refractivity contribution in [2.45, 2.75) is 42.4 Å². The molecule has 1 amide bonds. The summed E-state index contributed by atoms with van der Waals surface area (Å²) in [4.78, 5) is 12.6. The van der Waals surface area contributed by atoms with Crippen molar-refractivity contribution in [2.24, 2.45) is 17.8 Å². The van der Waals surface area contributed by atoms with Gasteiger partial charge >= 0.3 is 0 Å². The van der Waals surface area contributed by atoms with E-state index in [1.54, 1.807) is 7.11 Å². The van der Waals surface area contributed by atoms with E-state index in [0.717, 1.165) is 24.2 Å². The molecule has 2 unspecified atom stereocenters. The second-order valence-corrected chi connectivity index (χ2v) is 13.1. The van der Waals surface area contributed by atoms with Crippen LogP contribution in [0.4, 0.5) is 18.9 Å². The number of nitrogens with one attached hydrogen (secondary N) is 1. The van der Waals surface area contributed by atoms with Crippen molar-refractivity contribution in [1.29, 1.82) is 0 Å². The minimum Gasteiger partial charge on any atom is -0.497 e. The van der Waals surface area contributed by atoms with Gasteiger partial charge in [-0.2, -0.15) is 0 Å². The van der Waals surface area contributed by atoms with Crippen LogP contribution in [0.3, 0.4) is 0 Å². The van der Waals surface area contributed by atoms with Gasteiger partial charge in [0.2, 0.25) is 0 Å². The number of benzene rings is 3. The van der Waals surface area contributed by atoms with Gasteiger partial charge in [0.15, 0.2) is 27.3 Å². The zero-order chi connectivity index (χ0) is 29.3. The first-order valence-electron chi connectivity index (χ1n) is 13.3. The van der Waals surface area contributed by atoms with Crippen LogP contribution in [-0.4, -0.2) is 33.3 Å². The number of carbonyl (C=O) groups excluding carboxylic acids is 1. The molecule has 6 nitrogen and oxygen atoms in total. The van der Waals surface area contributed by atoms with Crippen molar-refractivity contribution in [3.63, 3.8) is 0 Å². The van der Waals surface area contributed by atoms with E-state index in [1.807, 2.05) is 24.3 Å². The zero-order valence-electron chi connectivity index (χ0n) is 22.2. The minimum atomic E-state index is -3.90. The van der Waals surface area contributed by atoms with Crippen LogP contribution in [0.25, 0.3) is 0 Å². The van der Waals surface area contributed by atoms with Gasteiger partial charge in [-0.3, -0.25) is 4.79 Å². The predicted octanol–water partition coefficient (Wildman–Crippen LogP) is 6.81. The van der Waals surface area contributed by atoms with Gasteiger partial charge in [0, 0.05) is 30.0 Å². The maximum Gasteiger partial charge on any atom is 0.255 e. The molecule has 2 bridgehead atoms. The fourth-order valence-corrected chi connectivity index (χ4v) is 9.02. The topological polar surface area (TPSA) is 81.7 Å². The van der Waals surface area contributed by atoms with E-state index in [-0.39, 0.29) is 38.9 Å². The number of halogens is 4. The fraction of sp³-hybridized carbons (Fsp3) is 0.367. The third-order valence-corrected chi connectivity index (χ3v) is 10.9. The van der Waals surface area contributed by atoms with Crippen LogP contribution in [0.5, 0.6) is 5.75 Å². The SMILES string of the molecule is COc1ccc(COC[C@@H]2CC3CC[C@@H](C2)C3S(=O)(=O)c2cc(C(=O)Nc3cc(F)c(F)c(F)c3)ccc2Cl)cc1. The zero-order valence-corrected chi connectivity index (χ0v) is 23.8. The van der Waals surface area contributed by atoms with Crippen molar-refractivity contribution in [3.8, 4) is 5.75 Å². The average Bonchev–Trinajstić information content (AvgIpc) is 3.23. The largest absolute Gasteiger partial charge is 0.497 e. The number of sulfone groups is 1. The summed E-state index contributed by atoms with van der Waals surface area (Å²) in [6, 6.07) is 12.7. The molecule has 2 fully saturated rings. The van der Waals surface area contributed by atoms with E-state index in [2.05, 4.69) is 5.32 Å². The van der Waals surface area contributed by atoms with Crippen molar-refractivity contribution >= 4 is 33.0 Å². The number of hydrogen-bond donors (Lipinski definition) is 1. The van der Waals surface area contributed by atoms with Crippen molar-refractivity contribution in [2.75, 3.05) is 19.0 Å². The summed E-state index contributed by atoms with van der Waals surface area (Å²) in [5.74, 6) is -4.51. The lowest BCUT2D eigenvalue weighted by molar-refractivity contribution is 0.0626. The molecule has 2 saturated carbocycles. The van der Waals surface area contributed by atoms with Crippen LogP contribution in [0.2, 0.25) is 5.02 Å². The highest BCUT2D eigenvalue weighted by Gasteiger charge is 2.50. The highest BCUT2D eigenvalue weighted by atomic mass is 35.5. The number of amides is 1. The lowest BCUT2D eigenvalue weighted by Gasteiger charge is -2.35. The van der Waals surface area contributed by atoms with Gasteiger partial charge in [0.25, 0.3) is 5.91 Å². The summed E-state index contributed by atoms with van der Waals surface area (Å²) < 4.78 is 79.3. The molecule has 0 spiro atoms. The molecule has 41 heavy (non-hydrogen) atoms. The van der Waals surface area contributed by atoms with Crippen LogP contribution >= 0.6 is 11.6 Å². The number of hydrogen-bond acceptors (Lipinski definition) is 5. The Bertz CT molecular complexity index is 1510. The van der Waals surface area contributed by atoms with Crippen molar-refractivity contribution < 1.29 is 35.9 Å². The molecule has 0 aromatic heterocycles. The molecule has 5 rings (SSSR count). The lowest BCUT2D eigenvalue weighted by atomic mass is 9.81. The number of carbonyl (C=O) groups is 1. The molecular formula is C30H29ClF3NO5S. The quantitative estimate of drug-likeness (QED) is 0.270. The third kappa shape index (κ3) is 6.24. The molecule has 3 aromatic rings. The second kappa shape index (κ2) is 12.0. The van der Waals surface area contributed by atoms with Crippen LogP contribution in [0, 0.1) is 35.2 Å². The highest BCUT2D eigenvalue weighted by molar-refractivity contribution is 7.92. The monoisotopic (exact) mass is 607 g/mol. The molecule has 4 atom stereocenters. The van der Waals surface area contributed by atoms with Gasteiger partial charge in [0.1, 0.15) is 5.75 Å². The Balaban J connectivity index is 1.26. The fourth-order valence-electron chi connectivity index (χ4n) is 6.15. The van der Waals surface area contributed by atoms with Gasteiger partial charge in [-0.25, -0.2) is 21.6 Å². The van der Waals surface area contributed by atoms with E-state index in [1.165, 1.54) is 18.2 Å². The summed E-state index contributed by atoms with van der Waals surface area (Å²) in [6.45, 7) is 0.992. The van der Waals surface area contributed by atoms with E-state index < -0.39 is 38.4 Å². The first-order valence-corrected chi connectivity index (χ1v) is 15.2. The molecule has 1 N–H and O–H groups in total. The van der Waals surface area contributed by atoms with Crippen LogP contribution in [0.1, 0.15) is 41.6 Å². The summed E-state index contributed by atoms with van der Waals surface area (Å²) in [5.41, 5.74) is 0.653. The molecular weight excluding hydrogens is 579 g/mol. The minimum absolute atomic E-state index is 0.00947. The first kappa shape index (κ1) is 29.4. The lowest BCUT2D eigenvalue weighted by Crippen LogP contribution is -2.38. The van der Waals surface area contributed by atoms with Gasteiger partial charge in [-0.15, -0.1) is 0 Å². The van der Waals surface area contributed by atoms with Crippen LogP contribution < -0.4 is 10.1 Å². The van der Waals surface area contributed by atoms with E-state index in [9.17, 15) is 26.4 Å². The molecule has 0 saturated heterocycles. The summed E-state index contributed by atoms with van der Waals surface area (Å²) in [6.07, 6.45) is 2.98. The molecule has 11 heteroatoms. The van der Waals surface area contributed by atoms with E-state index in [4.69, 9.17) is 21.1 Å². The molecule has 0 radical (unpaired) electrons. The van der Waals surface area contributed by atoms with Gasteiger partial charge in [-0.1, -0.05) is 23.7 Å². The predicted molar refractivity (Wildman–Crippen MR) is 148 cm³/mol. The standard InChI is InChI=1S/C30H29ClF3NO5S/c1-39-23-7-2-17(3-8-23)15-40-16-18-10-19-4-5-20(11-18)29(19)41(37,38)27-12-21(6-9-24(27)31)30(36)35-22-13-25(32)28(34)26(33)14-22/h2-3,6-9,12-14,18-20,29H,4-5,10-11,15-16H2,1H3,(H,35,36)/t18-,19-,20?,29?/m0/s1. The molecule has 2 aliphatic carbocycles. The van der Waals surface area contributed by atoms with E-state index in [0.29, 0.717) is 38.2 Å². The van der Waals surface area contributed by atoms with Crippen molar-refractivity contribution in [1.82, 2.24) is 0 Å². The molecule has 3 aromatic carbocycles. The normalized spacial score (nSPS) is 22.0. The third-order valence-electron chi connectivity index (χ3n) is 7.99. The Morgan fingerprint density at radius 1 is 0.976 bits per heavy atom. The van der Waals surface area contributed by atoms with E-state index >= 15 is 0 Å². The van der Waals surface area contributed by atoms with Gasteiger partial charge in [-0.05, 0) is 79.3 Å². The summed E-state index contributed by atoms with van der Waals surface area (Å²) >= 11 is 6.33. The second-order valence-electron chi connectivity index (χ2n) is 10.7. The smallest absolute Gasteiger partial charge is 0.255 e. The number of rotatable bonds is 9. The number of ether oxygens (including phenoxy) is 2. The molecule has 2 aliphatic rings. The molecule has 218 valence electrons. The first-order chi connectivity index (χ1) is 19.6. The molecule has 0 aliphatic heterocycles. The highest BCUT2D eigenvalue weighted by Crippen LogP contribution is 2.50. The van der Waals surface area contributed by atoms with Crippen LogP contribution in [-0.2, 0) is 21.2 Å². The Kier molecular flexibility index (Phi) is 8.63. The number of methoxy groups -OCH3 is 1. The van der Waals surface area contributed by atoms with Gasteiger partial charge < -0.3 is 14.8 Å². The van der Waals surface area contributed by atoms with Crippen LogP contribution in [0.15, 0.2) is 59.5 Å². The van der Waals surface area contributed by atoms with Gasteiger partial charge in [0.05, 0.1) is 28.9 Å². The average molecular weight is 608 g/mol. The maximum absolute atomic E-state index is 13.9. The van der Waals surface area contributed by atoms with Crippen molar-refractivity contribution in [3.05, 3.63) is 88.2 Å². The maximum atomic E-state index is 13.9. The summed E-state index contributed by atoms with van der Waals surface area (Å²) in [7, 11) is -2.29. The number of anilines is 1.